The van der Waals surface area contributed by atoms with Crippen molar-refractivity contribution in [1.29, 1.82) is 0 Å². The first-order valence-electron chi connectivity index (χ1n) is 7.03. The topological polar surface area (TPSA) is 51.0 Å². The molecule has 1 fully saturated rings. The Kier molecular flexibility index (Phi) is 5.72. The molecule has 0 bridgehead atoms. The van der Waals surface area contributed by atoms with Gasteiger partial charge in [0.1, 0.15) is 0 Å². The number of rotatable bonds is 5. The van der Waals surface area contributed by atoms with Gasteiger partial charge >= 0.3 is 0 Å². The lowest BCUT2D eigenvalue weighted by Crippen LogP contribution is -2.24. The van der Waals surface area contributed by atoms with Crippen molar-refractivity contribution in [2.24, 2.45) is 0 Å². The summed E-state index contributed by atoms with van der Waals surface area (Å²) in [5, 5.41) is 8.44. The van der Waals surface area contributed by atoms with Crippen molar-refractivity contribution in [3.05, 3.63) is 45.5 Å². The fourth-order valence-corrected chi connectivity index (χ4v) is 2.94. The third-order valence-electron chi connectivity index (χ3n) is 3.95. The van der Waals surface area contributed by atoms with Gasteiger partial charge in [-0.3, -0.25) is 0 Å². The molecule has 1 aliphatic rings. The van der Waals surface area contributed by atoms with Gasteiger partial charge in [-0.25, -0.2) is 0 Å². The van der Waals surface area contributed by atoms with Gasteiger partial charge in [-0.05, 0) is 37.9 Å². The second-order valence-corrected chi connectivity index (χ2v) is 6.32. The van der Waals surface area contributed by atoms with Gasteiger partial charge in [-0.2, -0.15) is 4.98 Å². The van der Waals surface area contributed by atoms with Gasteiger partial charge in [-0.1, -0.05) is 40.5 Å². The normalized spacial score (nSPS) is 21.3. The fourth-order valence-electron chi connectivity index (χ4n) is 2.50. The van der Waals surface area contributed by atoms with Gasteiger partial charge in [0.25, 0.3) is 0 Å². The molecular weight excluding hydrogens is 345 g/mol. The van der Waals surface area contributed by atoms with Crippen LogP contribution in [0, 0.1) is 0 Å². The largest absolute Gasteiger partial charge is 0.339 e. The van der Waals surface area contributed by atoms with Crippen molar-refractivity contribution < 1.29 is 4.52 Å². The number of halogens is 3. The van der Waals surface area contributed by atoms with Gasteiger partial charge in [-0.15, -0.1) is 12.4 Å². The van der Waals surface area contributed by atoms with Crippen LogP contribution < -0.4 is 5.32 Å². The summed E-state index contributed by atoms with van der Waals surface area (Å²) in [5.41, 5.74) is 1.07. The Morgan fingerprint density at radius 3 is 2.86 bits per heavy atom. The minimum Gasteiger partial charge on any atom is -0.339 e. The van der Waals surface area contributed by atoms with Crippen LogP contribution in [-0.2, 0) is 6.42 Å². The van der Waals surface area contributed by atoms with Crippen LogP contribution in [-0.4, -0.2) is 23.2 Å². The molecule has 0 radical (unpaired) electrons. The Labute approximate surface area is 146 Å². The third-order valence-corrected chi connectivity index (χ3v) is 4.79. The molecule has 1 N–H and O–H groups in total. The van der Waals surface area contributed by atoms with Gasteiger partial charge < -0.3 is 9.84 Å². The molecule has 3 unspecified atom stereocenters. The average Bonchev–Trinajstić information content (AvgIpc) is 3.13. The molecule has 1 aromatic carbocycles. The Morgan fingerprint density at radius 2 is 2.14 bits per heavy atom. The lowest BCUT2D eigenvalue weighted by Gasteiger charge is -2.04. The van der Waals surface area contributed by atoms with Gasteiger partial charge in [0.15, 0.2) is 5.82 Å². The molecule has 3 rings (SSSR count). The molecule has 1 aromatic heterocycles. The number of hydrogen-bond donors (Lipinski definition) is 1. The van der Waals surface area contributed by atoms with E-state index in [9.17, 15) is 0 Å². The lowest BCUT2D eigenvalue weighted by atomic mass is 10.1. The highest BCUT2D eigenvalue weighted by atomic mass is 35.5. The van der Waals surface area contributed by atoms with Crippen LogP contribution in [0.4, 0.5) is 0 Å². The SMILES string of the molecule is CNC(C)Cc1noc(C2CC2c2cccc(Cl)c2Cl)n1.Cl. The van der Waals surface area contributed by atoms with Crippen molar-refractivity contribution in [3.8, 4) is 0 Å². The van der Waals surface area contributed by atoms with Crippen LogP contribution in [0.1, 0.15) is 42.5 Å². The Morgan fingerprint density at radius 1 is 1.36 bits per heavy atom. The zero-order valence-corrected chi connectivity index (χ0v) is 14.7. The molecule has 0 spiro atoms. The highest BCUT2D eigenvalue weighted by Gasteiger charge is 2.44. The van der Waals surface area contributed by atoms with Gasteiger partial charge in [0, 0.05) is 18.4 Å². The lowest BCUT2D eigenvalue weighted by molar-refractivity contribution is 0.371. The van der Waals surface area contributed by atoms with E-state index in [2.05, 4.69) is 22.4 Å². The molecule has 1 heterocycles. The monoisotopic (exact) mass is 361 g/mol. The van der Waals surface area contributed by atoms with Crippen LogP contribution in [0.3, 0.4) is 0 Å². The summed E-state index contributed by atoms with van der Waals surface area (Å²) in [5.74, 6) is 2.03. The number of aromatic nitrogens is 2. The smallest absolute Gasteiger partial charge is 0.230 e. The summed E-state index contributed by atoms with van der Waals surface area (Å²) in [6.45, 7) is 2.09. The van der Waals surface area contributed by atoms with E-state index in [1.54, 1.807) is 6.07 Å². The molecule has 22 heavy (non-hydrogen) atoms. The summed E-state index contributed by atoms with van der Waals surface area (Å²) in [7, 11) is 1.92. The predicted molar refractivity (Wildman–Crippen MR) is 90.3 cm³/mol. The molecule has 4 nitrogen and oxygen atoms in total. The summed E-state index contributed by atoms with van der Waals surface area (Å²) < 4.78 is 5.39. The molecule has 120 valence electrons. The summed E-state index contributed by atoms with van der Waals surface area (Å²) >= 11 is 12.3. The summed E-state index contributed by atoms with van der Waals surface area (Å²) in [4.78, 5) is 4.49. The van der Waals surface area contributed by atoms with E-state index in [1.165, 1.54) is 0 Å². The second-order valence-electron chi connectivity index (χ2n) is 5.53. The van der Waals surface area contributed by atoms with Crippen molar-refractivity contribution in [1.82, 2.24) is 15.5 Å². The van der Waals surface area contributed by atoms with Crippen LogP contribution in [0.2, 0.25) is 10.0 Å². The van der Waals surface area contributed by atoms with Crippen LogP contribution >= 0.6 is 35.6 Å². The number of nitrogens with one attached hydrogen (secondary N) is 1. The van der Waals surface area contributed by atoms with Crippen molar-refractivity contribution in [2.45, 2.75) is 37.6 Å². The van der Waals surface area contributed by atoms with Crippen molar-refractivity contribution in [3.63, 3.8) is 0 Å². The summed E-state index contributed by atoms with van der Waals surface area (Å²) in [6, 6.07) is 6.06. The van der Waals surface area contributed by atoms with Crippen molar-refractivity contribution in [2.75, 3.05) is 7.05 Å². The second kappa shape index (κ2) is 7.18. The van der Waals surface area contributed by atoms with Crippen LogP contribution in [0.15, 0.2) is 22.7 Å². The summed E-state index contributed by atoms with van der Waals surface area (Å²) in [6.07, 6.45) is 1.73. The van der Waals surface area contributed by atoms with E-state index in [4.69, 9.17) is 27.7 Å². The van der Waals surface area contributed by atoms with E-state index in [0.717, 1.165) is 24.2 Å². The number of nitrogens with zero attached hydrogens (tertiary/aromatic N) is 2. The zero-order chi connectivity index (χ0) is 15.0. The Bertz CT molecular complexity index is 647. The van der Waals surface area contributed by atoms with E-state index < -0.39 is 0 Å². The maximum absolute atomic E-state index is 6.27. The van der Waals surface area contributed by atoms with E-state index in [-0.39, 0.29) is 18.3 Å². The quantitative estimate of drug-likeness (QED) is 0.865. The third kappa shape index (κ3) is 3.57. The highest BCUT2D eigenvalue weighted by Crippen LogP contribution is 2.56. The predicted octanol–water partition coefficient (Wildman–Crippen LogP) is 4.22. The molecule has 0 saturated heterocycles. The molecular formula is C15H18Cl3N3O. The van der Waals surface area contributed by atoms with Crippen LogP contribution in [0.25, 0.3) is 0 Å². The Balaban J connectivity index is 0.00000176. The minimum absolute atomic E-state index is 0. The number of benzene rings is 1. The molecule has 7 heteroatoms. The first-order valence-corrected chi connectivity index (χ1v) is 7.79. The average molecular weight is 363 g/mol. The van der Waals surface area contributed by atoms with E-state index in [1.807, 2.05) is 19.2 Å². The van der Waals surface area contributed by atoms with E-state index >= 15 is 0 Å². The van der Waals surface area contributed by atoms with Crippen LogP contribution in [0.5, 0.6) is 0 Å². The molecule has 0 amide bonds. The zero-order valence-electron chi connectivity index (χ0n) is 12.3. The molecule has 0 aliphatic heterocycles. The first-order chi connectivity index (χ1) is 10.1. The van der Waals surface area contributed by atoms with Gasteiger partial charge in [0.05, 0.1) is 10.0 Å². The molecule has 1 aliphatic carbocycles. The highest BCUT2D eigenvalue weighted by molar-refractivity contribution is 6.42. The molecule has 2 aromatic rings. The van der Waals surface area contributed by atoms with Gasteiger partial charge in [0.2, 0.25) is 5.89 Å². The standard InChI is InChI=1S/C15H17Cl2N3O.ClH/c1-8(18-2)6-13-19-15(21-20-13)11-7-10(11)9-4-3-5-12(16)14(9)17;/h3-5,8,10-11,18H,6-7H2,1-2H3;1H. The molecule has 3 atom stereocenters. The number of hydrogen-bond acceptors (Lipinski definition) is 4. The van der Waals surface area contributed by atoms with E-state index in [0.29, 0.717) is 27.9 Å². The van der Waals surface area contributed by atoms with Crippen molar-refractivity contribution >= 4 is 35.6 Å². The number of likely N-dealkylation sites (N-methyl/N-ethyl adjacent to an activating group) is 1. The maximum atomic E-state index is 6.27. The fraction of sp³-hybridized carbons (Fsp3) is 0.467. The minimum atomic E-state index is 0. The maximum Gasteiger partial charge on any atom is 0.230 e. The Hall–Kier alpha value is -0.810. The molecule has 1 saturated carbocycles. The first kappa shape index (κ1) is 17.5.